The number of amides is 1. The number of likely N-dealkylation sites (tertiary alicyclic amines) is 1. The highest BCUT2D eigenvalue weighted by molar-refractivity contribution is 6.46. The van der Waals surface area contributed by atoms with Crippen molar-refractivity contribution in [3.05, 3.63) is 100 Å². The molecule has 6 nitrogen and oxygen atoms in total. The second-order valence-electron chi connectivity index (χ2n) is 7.83. The molecular weight excluding hydrogens is 404 g/mol. The average Bonchev–Trinajstić information content (AvgIpc) is 3.06. The van der Waals surface area contributed by atoms with Crippen LogP contribution >= 0.6 is 0 Å². The molecule has 1 N–H and O–H groups in total. The zero-order valence-electron chi connectivity index (χ0n) is 18.2. The number of ether oxygens (including phenoxy) is 1. The highest BCUT2D eigenvalue weighted by atomic mass is 16.5. The Morgan fingerprint density at radius 3 is 2.53 bits per heavy atom. The zero-order valence-corrected chi connectivity index (χ0v) is 18.2. The lowest BCUT2D eigenvalue weighted by Gasteiger charge is -2.24. The van der Waals surface area contributed by atoms with Gasteiger partial charge in [0.25, 0.3) is 11.7 Å². The predicted molar refractivity (Wildman–Crippen MR) is 121 cm³/mol. The molecule has 4 rings (SSSR count). The fourth-order valence-electron chi connectivity index (χ4n) is 3.90. The van der Waals surface area contributed by atoms with Gasteiger partial charge in [0.15, 0.2) is 0 Å². The molecule has 32 heavy (non-hydrogen) atoms. The summed E-state index contributed by atoms with van der Waals surface area (Å²) in [7, 11) is 1.57. The molecule has 0 spiro atoms. The first-order valence-corrected chi connectivity index (χ1v) is 10.3. The number of nitrogens with zero attached hydrogens (tertiary/aromatic N) is 2. The summed E-state index contributed by atoms with van der Waals surface area (Å²) in [5.41, 5.74) is 3.90. The first-order chi connectivity index (χ1) is 15.4. The molecule has 1 aliphatic rings. The minimum Gasteiger partial charge on any atom is -0.507 e. The first kappa shape index (κ1) is 21.3. The number of hydrogen-bond donors (Lipinski definition) is 1. The molecule has 162 valence electrons. The number of aliphatic hydroxyl groups excluding tert-OH is 1. The Morgan fingerprint density at radius 1 is 1.03 bits per heavy atom. The summed E-state index contributed by atoms with van der Waals surface area (Å²) in [6, 6.07) is 17.3. The Balaban J connectivity index is 1.84. The maximum atomic E-state index is 13.1. The highest BCUT2D eigenvalue weighted by Crippen LogP contribution is 2.39. The van der Waals surface area contributed by atoms with E-state index in [1.165, 1.54) is 4.90 Å². The van der Waals surface area contributed by atoms with Crippen LogP contribution in [0.5, 0.6) is 5.75 Å². The topological polar surface area (TPSA) is 79.7 Å². The van der Waals surface area contributed by atoms with Crippen LogP contribution in [0.1, 0.15) is 34.0 Å². The van der Waals surface area contributed by atoms with Gasteiger partial charge in [-0.2, -0.15) is 0 Å². The minimum absolute atomic E-state index is 0.0415. The molecular formula is C26H24N2O4. The fraction of sp³-hybridized carbons (Fsp3) is 0.192. The third kappa shape index (κ3) is 3.87. The van der Waals surface area contributed by atoms with E-state index in [0.29, 0.717) is 17.0 Å². The molecule has 0 bridgehead atoms. The smallest absolute Gasteiger partial charge is 0.296 e. The van der Waals surface area contributed by atoms with Gasteiger partial charge in [0.05, 0.1) is 18.4 Å². The summed E-state index contributed by atoms with van der Waals surface area (Å²) in [5, 5.41) is 11.2. The van der Waals surface area contributed by atoms with Crippen LogP contribution in [-0.2, 0) is 16.1 Å². The van der Waals surface area contributed by atoms with Crippen molar-refractivity contribution >= 4 is 17.4 Å². The van der Waals surface area contributed by atoms with E-state index in [1.807, 2.05) is 50.2 Å². The van der Waals surface area contributed by atoms with Crippen molar-refractivity contribution in [2.45, 2.75) is 26.4 Å². The Morgan fingerprint density at radius 2 is 1.84 bits per heavy atom. The molecule has 1 fully saturated rings. The zero-order chi connectivity index (χ0) is 22.8. The number of aryl methyl sites for hydroxylation is 2. The summed E-state index contributed by atoms with van der Waals surface area (Å²) in [6.45, 7) is 4.08. The molecule has 1 amide bonds. The Bertz CT molecular complexity index is 1220. The van der Waals surface area contributed by atoms with Gasteiger partial charge in [0, 0.05) is 18.3 Å². The molecule has 0 aliphatic carbocycles. The van der Waals surface area contributed by atoms with E-state index < -0.39 is 17.7 Å². The third-order valence-corrected chi connectivity index (χ3v) is 5.78. The Labute approximate surface area is 186 Å². The number of benzene rings is 2. The summed E-state index contributed by atoms with van der Waals surface area (Å²) < 4.78 is 5.28. The number of aliphatic hydroxyl groups is 1. The Hall–Kier alpha value is -3.93. The second-order valence-corrected chi connectivity index (χ2v) is 7.83. The van der Waals surface area contributed by atoms with Crippen LogP contribution in [0.2, 0.25) is 0 Å². The van der Waals surface area contributed by atoms with Gasteiger partial charge in [0.1, 0.15) is 17.6 Å². The lowest BCUT2D eigenvalue weighted by atomic mass is 9.96. The van der Waals surface area contributed by atoms with E-state index in [0.717, 1.165) is 16.7 Å². The number of aromatic nitrogens is 1. The molecule has 0 saturated carbocycles. The van der Waals surface area contributed by atoms with Crippen LogP contribution in [0.15, 0.2) is 72.4 Å². The van der Waals surface area contributed by atoms with Crippen LogP contribution in [0.3, 0.4) is 0 Å². The van der Waals surface area contributed by atoms with E-state index in [4.69, 9.17) is 4.74 Å². The predicted octanol–water partition coefficient (Wildman–Crippen LogP) is 4.33. The highest BCUT2D eigenvalue weighted by Gasteiger charge is 2.46. The summed E-state index contributed by atoms with van der Waals surface area (Å²) in [6.07, 6.45) is 1.61. The van der Waals surface area contributed by atoms with Gasteiger partial charge in [-0.1, -0.05) is 30.3 Å². The molecule has 2 heterocycles. The fourth-order valence-corrected chi connectivity index (χ4v) is 3.90. The molecule has 1 atom stereocenters. The van der Waals surface area contributed by atoms with Crippen LogP contribution < -0.4 is 4.74 Å². The number of Topliss-reactive ketones (excluding diaryl/α,β-unsaturated/α-hetero) is 1. The van der Waals surface area contributed by atoms with Crippen LogP contribution in [-0.4, -0.2) is 33.8 Å². The average molecular weight is 428 g/mol. The van der Waals surface area contributed by atoms with E-state index >= 15 is 0 Å². The van der Waals surface area contributed by atoms with Gasteiger partial charge >= 0.3 is 0 Å². The van der Waals surface area contributed by atoms with E-state index in [1.54, 1.807) is 37.6 Å². The van der Waals surface area contributed by atoms with Gasteiger partial charge in [-0.25, -0.2) is 0 Å². The third-order valence-electron chi connectivity index (χ3n) is 5.78. The van der Waals surface area contributed by atoms with Crippen LogP contribution in [0.25, 0.3) is 5.76 Å². The molecule has 1 unspecified atom stereocenters. The van der Waals surface area contributed by atoms with Crippen LogP contribution in [0.4, 0.5) is 0 Å². The molecule has 2 aromatic carbocycles. The van der Waals surface area contributed by atoms with Gasteiger partial charge in [0.2, 0.25) is 0 Å². The molecule has 1 saturated heterocycles. The summed E-state index contributed by atoms with van der Waals surface area (Å²) >= 11 is 0. The molecule has 3 aromatic rings. The monoisotopic (exact) mass is 428 g/mol. The number of hydrogen-bond acceptors (Lipinski definition) is 5. The van der Waals surface area contributed by atoms with Gasteiger partial charge in [-0.05, 0) is 60.9 Å². The SMILES string of the molecule is COc1cccc(CN2C(=O)C(=O)/C(=C(\O)c3ccc(C)c(C)c3)C2c2ccccn2)c1. The van der Waals surface area contributed by atoms with Crippen molar-refractivity contribution in [1.29, 1.82) is 0 Å². The number of carbonyl (C=O) groups excluding carboxylic acids is 2. The van der Waals surface area contributed by atoms with Crippen molar-refractivity contribution in [2.75, 3.05) is 7.11 Å². The van der Waals surface area contributed by atoms with Gasteiger partial charge in [-0.15, -0.1) is 0 Å². The first-order valence-electron chi connectivity index (χ1n) is 10.3. The molecule has 1 aliphatic heterocycles. The van der Waals surface area contributed by atoms with Crippen molar-refractivity contribution in [1.82, 2.24) is 9.88 Å². The normalized spacial score (nSPS) is 17.6. The number of carbonyl (C=O) groups is 2. The lowest BCUT2D eigenvalue weighted by Crippen LogP contribution is -2.29. The summed E-state index contributed by atoms with van der Waals surface area (Å²) in [4.78, 5) is 32.1. The van der Waals surface area contributed by atoms with Crippen molar-refractivity contribution in [3.63, 3.8) is 0 Å². The largest absolute Gasteiger partial charge is 0.507 e. The Kier molecular flexibility index (Phi) is 5.77. The quantitative estimate of drug-likeness (QED) is 0.372. The van der Waals surface area contributed by atoms with Crippen LogP contribution in [0, 0.1) is 13.8 Å². The number of pyridine rings is 1. The van der Waals surface area contributed by atoms with E-state index in [2.05, 4.69) is 4.98 Å². The molecule has 6 heteroatoms. The van der Waals surface area contributed by atoms with Crippen molar-refractivity contribution in [3.8, 4) is 5.75 Å². The molecule has 0 radical (unpaired) electrons. The van der Waals surface area contributed by atoms with Crippen molar-refractivity contribution < 1.29 is 19.4 Å². The van der Waals surface area contributed by atoms with Gasteiger partial charge in [-0.3, -0.25) is 14.6 Å². The van der Waals surface area contributed by atoms with E-state index in [-0.39, 0.29) is 17.9 Å². The number of rotatable bonds is 5. The molecule has 1 aromatic heterocycles. The summed E-state index contributed by atoms with van der Waals surface area (Å²) in [5.74, 6) is -0.938. The van der Waals surface area contributed by atoms with E-state index in [9.17, 15) is 14.7 Å². The number of ketones is 1. The maximum Gasteiger partial charge on any atom is 0.296 e. The van der Waals surface area contributed by atoms with Crippen molar-refractivity contribution in [2.24, 2.45) is 0 Å². The van der Waals surface area contributed by atoms with Gasteiger partial charge < -0.3 is 14.7 Å². The maximum absolute atomic E-state index is 13.1. The lowest BCUT2D eigenvalue weighted by molar-refractivity contribution is -0.140. The standard InChI is InChI=1S/C26H24N2O4/c1-16-10-11-19(13-17(16)2)24(29)22-23(21-9-4-5-12-27-21)28(26(31)25(22)30)15-18-7-6-8-20(14-18)32-3/h4-14,23,29H,15H2,1-3H3/b24-22-. The second kappa shape index (κ2) is 8.67. The minimum atomic E-state index is -0.802. The number of methoxy groups -OCH3 is 1.